The predicted octanol–water partition coefficient (Wildman–Crippen LogP) is 3.72. The van der Waals surface area contributed by atoms with Crippen LogP contribution in [0.1, 0.15) is 42.9 Å². The van der Waals surface area contributed by atoms with Crippen molar-refractivity contribution in [1.82, 2.24) is 20.2 Å². The highest BCUT2D eigenvalue weighted by molar-refractivity contribution is 5.89. The van der Waals surface area contributed by atoms with Crippen LogP contribution in [0.25, 0.3) is 0 Å². The van der Waals surface area contributed by atoms with E-state index >= 15 is 0 Å². The molecule has 212 valence electrons. The van der Waals surface area contributed by atoms with Crippen molar-refractivity contribution in [2.75, 3.05) is 49.5 Å². The Kier molecular flexibility index (Phi) is 9.22. The first-order valence-electron chi connectivity index (χ1n) is 13.9. The number of rotatable bonds is 8. The number of nitrogens with one attached hydrogen (secondary N) is 2. The first kappa shape index (κ1) is 28.0. The first-order valence-corrected chi connectivity index (χ1v) is 13.9. The second kappa shape index (κ2) is 13.2. The molecule has 2 saturated heterocycles. The summed E-state index contributed by atoms with van der Waals surface area (Å²) in [7, 11) is 0. The van der Waals surface area contributed by atoms with Crippen molar-refractivity contribution in [3.63, 3.8) is 0 Å². The van der Waals surface area contributed by atoms with Crippen LogP contribution in [0, 0.1) is 5.92 Å². The molecule has 3 N–H and O–H groups in total. The molecule has 5 rings (SSSR count). The normalized spacial score (nSPS) is 23.5. The maximum Gasteiger partial charge on any atom is 0.319 e. The van der Waals surface area contributed by atoms with Gasteiger partial charge in [-0.2, -0.15) is 0 Å². The van der Waals surface area contributed by atoms with Gasteiger partial charge in [-0.3, -0.25) is 4.90 Å². The van der Waals surface area contributed by atoms with E-state index in [4.69, 9.17) is 9.47 Å². The average molecular weight is 547 g/mol. The third kappa shape index (κ3) is 6.76. The maximum atomic E-state index is 12.1. The molecule has 0 spiro atoms. The largest absolute Gasteiger partial charge is 0.392 e. The lowest BCUT2D eigenvalue weighted by molar-refractivity contribution is -0.276. The van der Waals surface area contributed by atoms with E-state index in [1.165, 1.54) is 0 Å². The van der Waals surface area contributed by atoms with Crippen LogP contribution in [-0.4, -0.2) is 71.4 Å². The summed E-state index contributed by atoms with van der Waals surface area (Å²) < 4.78 is 13.2. The minimum Gasteiger partial charge on any atom is -0.392 e. The lowest BCUT2D eigenvalue weighted by Crippen LogP contribution is -2.51. The summed E-state index contributed by atoms with van der Waals surface area (Å²) in [6, 6.07) is 17.1. The molecule has 2 fully saturated rings. The van der Waals surface area contributed by atoms with Gasteiger partial charge >= 0.3 is 6.03 Å². The molecule has 10 heteroatoms. The Bertz CT molecular complexity index is 1240. The number of piperazine rings is 1. The number of aliphatic hydroxyl groups is 1. The van der Waals surface area contributed by atoms with Gasteiger partial charge in [-0.25, -0.2) is 14.8 Å². The number of hydrogen-bond donors (Lipinski definition) is 3. The molecule has 3 heterocycles. The van der Waals surface area contributed by atoms with Crippen molar-refractivity contribution >= 4 is 17.7 Å². The predicted molar refractivity (Wildman–Crippen MR) is 153 cm³/mol. The van der Waals surface area contributed by atoms with Gasteiger partial charge in [-0.05, 0) is 36.2 Å². The van der Waals surface area contributed by atoms with Crippen molar-refractivity contribution in [2.45, 2.75) is 39.0 Å². The van der Waals surface area contributed by atoms with Crippen LogP contribution in [-0.2, 0) is 16.1 Å². The molecule has 40 heavy (non-hydrogen) atoms. The van der Waals surface area contributed by atoms with Crippen LogP contribution >= 0.6 is 0 Å². The Balaban J connectivity index is 1.33. The highest BCUT2D eigenvalue weighted by Gasteiger charge is 2.39. The molecular weight excluding hydrogens is 508 g/mol. The smallest absolute Gasteiger partial charge is 0.319 e. The Hall–Kier alpha value is -3.57. The zero-order valence-electron chi connectivity index (χ0n) is 23.1. The fourth-order valence-corrected chi connectivity index (χ4v) is 5.27. The van der Waals surface area contributed by atoms with Crippen LogP contribution in [0.15, 0.2) is 67.0 Å². The van der Waals surface area contributed by atoms with Crippen molar-refractivity contribution in [3.8, 4) is 0 Å². The van der Waals surface area contributed by atoms with Crippen LogP contribution in [0.4, 0.5) is 16.4 Å². The number of amides is 2. The summed E-state index contributed by atoms with van der Waals surface area (Å²) in [5.74, 6) is 0.855. The molecular formula is C30H38N6O4. The summed E-state index contributed by atoms with van der Waals surface area (Å²) in [6.07, 6.45) is 2.68. The molecule has 10 nitrogen and oxygen atoms in total. The van der Waals surface area contributed by atoms with E-state index < -0.39 is 6.29 Å². The Morgan fingerprint density at radius 2 is 1.75 bits per heavy atom. The van der Waals surface area contributed by atoms with Crippen molar-refractivity contribution in [2.24, 2.45) is 5.92 Å². The average Bonchev–Trinajstić information content (AvgIpc) is 2.99. The number of urea groups is 1. The van der Waals surface area contributed by atoms with Gasteiger partial charge in [-0.15, -0.1) is 0 Å². The first-order chi connectivity index (χ1) is 19.5. The molecule has 2 aliphatic heterocycles. The number of ether oxygens (including phenoxy) is 2. The van der Waals surface area contributed by atoms with Crippen molar-refractivity contribution in [1.29, 1.82) is 0 Å². The zero-order chi connectivity index (χ0) is 27.9. The molecule has 0 radical (unpaired) electrons. The van der Waals surface area contributed by atoms with E-state index in [0.717, 1.165) is 55.4 Å². The second-order valence-corrected chi connectivity index (χ2v) is 10.3. The number of nitrogens with zero attached hydrogens (tertiary/aromatic N) is 4. The Labute approximate surface area is 235 Å². The van der Waals surface area contributed by atoms with Crippen molar-refractivity contribution < 1.29 is 19.4 Å². The van der Waals surface area contributed by atoms with E-state index in [9.17, 15) is 9.90 Å². The molecule has 1 aromatic heterocycles. The number of aliphatic hydroxyl groups excluding tert-OH is 1. The monoisotopic (exact) mass is 546 g/mol. The highest BCUT2D eigenvalue weighted by Crippen LogP contribution is 2.42. The molecule has 0 aliphatic carbocycles. The molecule has 2 amide bonds. The third-order valence-electron chi connectivity index (χ3n) is 7.52. The van der Waals surface area contributed by atoms with E-state index in [2.05, 4.69) is 37.3 Å². The Morgan fingerprint density at radius 3 is 2.45 bits per heavy atom. The topological polar surface area (TPSA) is 112 Å². The standard InChI is InChI=1S/C30H38N6O4/c1-3-31-30(38)34-25-7-4-6-24(18-25)28-39-26(21(2)27(40-28)23-10-8-22(20-37)9-11-23)19-35-14-16-36(17-15-35)29-32-12-5-13-33-29/h4-13,18,21,26-28,37H,3,14-17,19-20H2,1-2H3,(H2,31,34,38)/t21-,26+,27+,28+/m1/s1. The molecule has 0 bridgehead atoms. The summed E-state index contributed by atoms with van der Waals surface area (Å²) in [4.78, 5) is 25.5. The van der Waals surface area contributed by atoms with E-state index in [0.29, 0.717) is 12.2 Å². The van der Waals surface area contributed by atoms with Crippen LogP contribution in [0.5, 0.6) is 0 Å². The van der Waals surface area contributed by atoms with Gasteiger partial charge in [0.2, 0.25) is 5.95 Å². The highest BCUT2D eigenvalue weighted by atomic mass is 16.7. The SMILES string of the molecule is CCNC(=O)Nc1cccc([C@H]2O[C@@H](CN3CCN(c4ncccn4)CC3)[C@@H](C)[C@@H](c3ccc(CO)cc3)O2)c1. The number of carbonyl (C=O) groups is 1. The quantitative estimate of drug-likeness (QED) is 0.392. The summed E-state index contributed by atoms with van der Waals surface area (Å²) in [5.41, 5.74) is 3.43. The maximum absolute atomic E-state index is 12.1. The van der Waals surface area contributed by atoms with E-state index in [1.807, 2.05) is 61.5 Å². The fraction of sp³-hybridized carbons (Fsp3) is 0.433. The van der Waals surface area contributed by atoms with Gasteiger partial charge in [0.15, 0.2) is 6.29 Å². The third-order valence-corrected chi connectivity index (χ3v) is 7.52. The second-order valence-electron chi connectivity index (χ2n) is 10.3. The number of aromatic nitrogens is 2. The van der Waals surface area contributed by atoms with Gasteiger partial charge in [0.05, 0.1) is 18.8 Å². The number of hydrogen-bond acceptors (Lipinski definition) is 8. The van der Waals surface area contributed by atoms with E-state index in [-0.39, 0.29) is 30.8 Å². The lowest BCUT2D eigenvalue weighted by Gasteiger charge is -2.44. The summed E-state index contributed by atoms with van der Waals surface area (Å²) >= 11 is 0. The van der Waals surface area contributed by atoms with Crippen LogP contribution < -0.4 is 15.5 Å². The minimum absolute atomic E-state index is 0.00111. The number of carbonyl (C=O) groups excluding carboxylic acids is 1. The van der Waals surface area contributed by atoms with Gasteiger partial charge in [0, 0.05) is 68.8 Å². The number of benzene rings is 2. The molecule has 2 aromatic carbocycles. The molecule has 0 saturated carbocycles. The van der Waals surface area contributed by atoms with Gasteiger partial charge in [-0.1, -0.05) is 43.3 Å². The van der Waals surface area contributed by atoms with E-state index in [1.54, 1.807) is 12.4 Å². The van der Waals surface area contributed by atoms with Gasteiger partial charge in [0.25, 0.3) is 0 Å². The summed E-state index contributed by atoms with van der Waals surface area (Å²) in [5, 5.41) is 15.1. The number of anilines is 2. The molecule has 2 aliphatic rings. The van der Waals surface area contributed by atoms with Crippen LogP contribution in [0.3, 0.4) is 0 Å². The fourth-order valence-electron chi connectivity index (χ4n) is 5.27. The Morgan fingerprint density at radius 1 is 1.00 bits per heavy atom. The molecule has 4 atom stereocenters. The zero-order valence-corrected chi connectivity index (χ0v) is 23.1. The minimum atomic E-state index is -0.598. The molecule has 3 aromatic rings. The van der Waals surface area contributed by atoms with Crippen LogP contribution in [0.2, 0.25) is 0 Å². The van der Waals surface area contributed by atoms with Gasteiger partial charge in [0.1, 0.15) is 0 Å². The molecule has 0 unspecified atom stereocenters. The van der Waals surface area contributed by atoms with Crippen molar-refractivity contribution in [3.05, 3.63) is 83.7 Å². The lowest BCUT2D eigenvalue weighted by atomic mass is 9.90. The summed E-state index contributed by atoms with van der Waals surface area (Å²) in [6.45, 7) is 8.85. The van der Waals surface area contributed by atoms with Gasteiger partial charge < -0.3 is 30.1 Å².